The van der Waals surface area contributed by atoms with E-state index >= 15 is 0 Å². The van der Waals surface area contributed by atoms with Gasteiger partial charge in [-0.15, -0.1) is 12.4 Å². The van der Waals surface area contributed by atoms with Crippen LogP contribution in [0.25, 0.3) is 10.8 Å². The van der Waals surface area contributed by atoms with Gasteiger partial charge in [0.2, 0.25) is 0 Å². The lowest BCUT2D eigenvalue weighted by molar-refractivity contribution is 1.23. The summed E-state index contributed by atoms with van der Waals surface area (Å²) in [5.41, 5.74) is 0.943. The average Bonchev–Trinajstić information content (AvgIpc) is 2.17. The Morgan fingerprint density at radius 3 is 2.29 bits per heavy atom. The van der Waals surface area contributed by atoms with Crippen LogP contribution in [-0.2, 0) is 0 Å². The maximum Gasteiger partial charge on any atom is 0.0669 e. The molecule has 0 saturated carbocycles. The summed E-state index contributed by atoms with van der Waals surface area (Å²) in [6.07, 6.45) is 0. The second kappa shape index (κ2) is 4.64. The molecule has 0 amide bonds. The van der Waals surface area contributed by atoms with Crippen molar-refractivity contribution in [2.75, 3.05) is 4.03 Å². The van der Waals surface area contributed by atoms with Gasteiger partial charge in [0.15, 0.2) is 0 Å². The van der Waals surface area contributed by atoms with E-state index in [4.69, 9.17) is 5.84 Å². The quantitative estimate of drug-likeness (QED) is 0.491. The fourth-order valence-electron chi connectivity index (χ4n) is 1.31. The third-order valence-corrected chi connectivity index (χ3v) is 2.39. The predicted octanol–water partition coefficient (Wildman–Crippen LogP) is 3.25. The van der Waals surface area contributed by atoms with Crippen molar-refractivity contribution in [2.24, 2.45) is 5.84 Å². The summed E-state index contributed by atoms with van der Waals surface area (Å²) in [6, 6.07) is 14.2. The van der Waals surface area contributed by atoms with Crippen molar-refractivity contribution in [3.63, 3.8) is 0 Å². The molecule has 0 unspecified atom stereocenters. The van der Waals surface area contributed by atoms with Gasteiger partial charge in [-0.2, -0.15) is 0 Å². The van der Waals surface area contributed by atoms with Crippen LogP contribution in [0.1, 0.15) is 0 Å². The Labute approximate surface area is 97.4 Å². The van der Waals surface area contributed by atoms with E-state index in [0.717, 1.165) is 5.69 Å². The van der Waals surface area contributed by atoms with Crippen molar-refractivity contribution in [3.05, 3.63) is 42.5 Å². The van der Waals surface area contributed by atoms with Crippen molar-refractivity contribution in [2.45, 2.75) is 0 Å². The molecule has 0 saturated heterocycles. The van der Waals surface area contributed by atoms with Gasteiger partial charge in [0.25, 0.3) is 0 Å². The van der Waals surface area contributed by atoms with Gasteiger partial charge in [0.1, 0.15) is 0 Å². The van der Waals surface area contributed by atoms with E-state index in [1.54, 1.807) is 0 Å². The standard InChI is InChI=1S/C10H9BrN2.ClH/c11-13(12)10-6-5-8-3-1-2-4-9(8)7-10;/h1-7H,12H2;1H. The van der Waals surface area contributed by atoms with Crippen LogP contribution in [0.2, 0.25) is 0 Å². The number of anilines is 1. The Morgan fingerprint density at radius 1 is 1.00 bits per heavy atom. The predicted molar refractivity (Wildman–Crippen MR) is 66.8 cm³/mol. The van der Waals surface area contributed by atoms with Gasteiger partial charge >= 0.3 is 0 Å². The fourth-order valence-corrected chi connectivity index (χ4v) is 1.53. The molecule has 0 aromatic heterocycles. The van der Waals surface area contributed by atoms with E-state index in [1.165, 1.54) is 14.8 Å². The molecule has 2 N–H and O–H groups in total. The molecule has 2 nitrogen and oxygen atoms in total. The summed E-state index contributed by atoms with van der Waals surface area (Å²) in [7, 11) is 0. The number of nitrogens with zero attached hydrogens (tertiary/aromatic N) is 1. The van der Waals surface area contributed by atoms with E-state index in [1.807, 2.05) is 30.3 Å². The highest BCUT2D eigenvalue weighted by atomic mass is 79.9. The second-order valence-electron chi connectivity index (χ2n) is 2.84. The number of hydrogen-bond donors (Lipinski definition) is 1. The van der Waals surface area contributed by atoms with Gasteiger partial charge in [-0.3, -0.25) is 0 Å². The Morgan fingerprint density at radius 2 is 1.64 bits per heavy atom. The van der Waals surface area contributed by atoms with Crippen molar-refractivity contribution in [3.8, 4) is 0 Å². The van der Waals surface area contributed by atoms with E-state index < -0.39 is 0 Å². The highest BCUT2D eigenvalue weighted by Gasteiger charge is 1.97. The van der Waals surface area contributed by atoms with Gasteiger partial charge in [-0.05, 0) is 22.9 Å². The molecule has 14 heavy (non-hydrogen) atoms. The highest BCUT2D eigenvalue weighted by Crippen LogP contribution is 2.21. The molecule has 74 valence electrons. The minimum atomic E-state index is 0. The molecule has 0 spiro atoms. The van der Waals surface area contributed by atoms with Crippen LogP contribution in [0.5, 0.6) is 0 Å². The smallest absolute Gasteiger partial charge is 0.0669 e. The molecule has 0 bridgehead atoms. The zero-order valence-electron chi connectivity index (χ0n) is 7.35. The van der Waals surface area contributed by atoms with Crippen molar-refractivity contribution in [1.29, 1.82) is 0 Å². The fraction of sp³-hybridized carbons (Fsp3) is 0. The van der Waals surface area contributed by atoms with Gasteiger partial charge in [0, 0.05) is 0 Å². The minimum absolute atomic E-state index is 0. The molecule has 0 heterocycles. The summed E-state index contributed by atoms with van der Waals surface area (Å²) in [6.45, 7) is 0. The molecule has 0 fully saturated rings. The number of benzene rings is 2. The molecule has 0 aliphatic heterocycles. The maximum atomic E-state index is 5.55. The molecule has 0 aliphatic rings. The lowest BCUT2D eigenvalue weighted by Crippen LogP contribution is -2.17. The second-order valence-corrected chi connectivity index (χ2v) is 3.61. The number of nitrogens with two attached hydrogens (primary N) is 1. The summed E-state index contributed by atoms with van der Waals surface area (Å²) >= 11 is 3.18. The molecule has 4 heteroatoms. The zero-order chi connectivity index (χ0) is 9.26. The summed E-state index contributed by atoms with van der Waals surface area (Å²) in [5.74, 6) is 5.55. The molecular weight excluding hydrogens is 263 g/mol. The molecule has 2 rings (SSSR count). The Bertz CT molecular complexity index is 431. The van der Waals surface area contributed by atoms with Crippen LogP contribution in [-0.4, -0.2) is 0 Å². The summed E-state index contributed by atoms with van der Waals surface area (Å²) in [4.78, 5) is 0. The SMILES string of the molecule is Cl.NN(Br)c1ccc2ccccc2c1. The van der Waals surface area contributed by atoms with Crippen LogP contribution in [0, 0.1) is 0 Å². The molecule has 0 atom stereocenters. The number of hydrazine groups is 1. The summed E-state index contributed by atoms with van der Waals surface area (Å²) in [5, 5.41) is 2.41. The normalized spacial score (nSPS) is 9.57. The van der Waals surface area contributed by atoms with Crippen LogP contribution >= 0.6 is 28.6 Å². The van der Waals surface area contributed by atoms with Crippen molar-refractivity contribution < 1.29 is 0 Å². The first-order valence-corrected chi connectivity index (χ1v) is 4.68. The summed E-state index contributed by atoms with van der Waals surface area (Å²) < 4.78 is 1.43. The van der Waals surface area contributed by atoms with Gasteiger partial charge in [-0.25, -0.2) is 9.88 Å². The third kappa shape index (κ3) is 2.18. The van der Waals surface area contributed by atoms with Crippen molar-refractivity contribution >= 4 is 45.0 Å². The number of hydrogen-bond acceptors (Lipinski definition) is 2. The molecule has 0 aliphatic carbocycles. The first kappa shape index (κ1) is 11.3. The molecule has 0 radical (unpaired) electrons. The lowest BCUT2D eigenvalue weighted by Gasteiger charge is -2.09. The minimum Gasteiger partial charge on any atom is -0.245 e. The first-order chi connectivity index (χ1) is 6.27. The van der Waals surface area contributed by atoms with Gasteiger partial charge in [0.05, 0.1) is 21.8 Å². The van der Waals surface area contributed by atoms with Gasteiger partial charge < -0.3 is 0 Å². The Balaban J connectivity index is 0.000000980. The zero-order valence-corrected chi connectivity index (χ0v) is 9.75. The molecule has 2 aromatic rings. The maximum absolute atomic E-state index is 5.55. The van der Waals surface area contributed by atoms with Gasteiger partial charge in [-0.1, -0.05) is 30.3 Å². The first-order valence-electron chi connectivity index (χ1n) is 3.97. The number of rotatable bonds is 1. The largest absolute Gasteiger partial charge is 0.245 e. The average molecular weight is 274 g/mol. The topological polar surface area (TPSA) is 29.3 Å². The van der Waals surface area contributed by atoms with E-state index in [-0.39, 0.29) is 12.4 Å². The van der Waals surface area contributed by atoms with E-state index in [2.05, 4.69) is 28.3 Å². The van der Waals surface area contributed by atoms with Crippen LogP contribution in [0.15, 0.2) is 42.5 Å². The number of halogens is 2. The molecule has 2 aromatic carbocycles. The van der Waals surface area contributed by atoms with E-state index in [9.17, 15) is 0 Å². The third-order valence-electron chi connectivity index (χ3n) is 1.98. The highest BCUT2D eigenvalue weighted by molar-refractivity contribution is 9.10. The van der Waals surface area contributed by atoms with E-state index in [0.29, 0.717) is 0 Å². The van der Waals surface area contributed by atoms with Crippen LogP contribution in [0.4, 0.5) is 5.69 Å². The van der Waals surface area contributed by atoms with Crippen LogP contribution < -0.4 is 9.88 Å². The Hall–Kier alpha value is -0.770. The van der Waals surface area contributed by atoms with Crippen molar-refractivity contribution in [1.82, 2.24) is 0 Å². The monoisotopic (exact) mass is 272 g/mol. The van der Waals surface area contributed by atoms with Crippen LogP contribution in [0.3, 0.4) is 0 Å². The lowest BCUT2D eigenvalue weighted by atomic mass is 10.1. The Kier molecular flexibility index (Phi) is 3.75. The number of fused-ring (bicyclic) bond motifs is 1. The molecular formula is C10H10BrClN2.